The summed E-state index contributed by atoms with van der Waals surface area (Å²) < 4.78 is 11.5. The zero-order valence-corrected chi connectivity index (χ0v) is 20.4. The molecule has 0 amide bonds. The molecule has 3 aromatic rings. The first-order valence-electron chi connectivity index (χ1n) is 11.3. The minimum Gasteiger partial charge on any atom is -0.493 e. The van der Waals surface area contributed by atoms with Crippen molar-refractivity contribution in [3.63, 3.8) is 0 Å². The number of nitrogens with zero attached hydrogens (tertiary/aromatic N) is 1. The highest BCUT2D eigenvalue weighted by molar-refractivity contribution is 6.35. The van der Waals surface area contributed by atoms with Crippen LogP contribution < -0.4 is 14.8 Å². The van der Waals surface area contributed by atoms with Crippen LogP contribution in [0.2, 0.25) is 10.0 Å². The molecular weight excluding hydrogens is 455 g/mol. The first-order valence-corrected chi connectivity index (χ1v) is 12.1. The fourth-order valence-corrected chi connectivity index (χ4v) is 4.67. The zero-order chi connectivity index (χ0) is 23.0. The molecule has 1 aliphatic heterocycles. The molecule has 33 heavy (non-hydrogen) atoms. The summed E-state index contributed by atoms with van der Waals surface area (Å²) in [5.74, 6) is 1.38. The number of piperidine rings is 1. The molecule has 0 aromatic heterocycles. The van der Waals surface area contributed by atoms with Crippen LogP contribution in [0.4, 0.5) is 0 Å². The van der Waals surface area contributed by atoms with E-state index >= 15 is 0 Å². The predicted molar refractivity (Wildman–Crippen MR) is 135 cm³/mol. The van der Waals surface area contributed by atoms with Crippen LogP contribution >= 0.6 is 23.2 Å². The second-order valence-electron chi connectivity index (χ2n) is 8.39. The van der Waals surface area contributed by atoms with Crippen molar-refractivity contribution in [2.75, 3.05) is 20.2 Å². The van der Waals surface area contributed by atoms with E-state index in [1.54, 1.807) is 7.11 Å². The van der Waals surface area contributed by atoms with Crippen LogP contribution in [-0.2, 0) is 19.7 Å². The fraction of sp³-hybridized carbons (Fsp3) is 0.333. The normalized spacial score (nSPS) is 14.9. The van der Waals surface area contributed by atoms with Gasteiger partial charge in [0.15, 0.2) is 11.5 Å². The Balaban J connectivity index is 1.27. The van der Waals surface area contributed by atoms with E-state index in [9.17, 15) is 0 Å². The Hall–Kier alpha value is -2.24. The molecule has 1 heterocycles. The summed E-state index contributed by atoms with van der Waals surface area (Å²) in [6.45, 7) is 4.36. The maximum atomic E-state index is 6.25. The highest BCUT2D eigenvalue weighted by Crippen LogP contribution is 2.31. The quantitative estimate of drug-likeness (QED) is 0.384. The highest BCUT2D eigenvalue weighted by atomic mass is 35.5. The molecule has 0 atom stereocenters. The Labute approximate surface area is 206 Å². The number of hydrogen-bond donors (Lipinski definition) is 1. The number of halogens is 2. The molecule has 0 unspecified atom stereocenters. The van der Waals surface area contributed by atoms with Gasteiger partial charge in [0.2, 0.25) is 0 Å². The van der Waals surface area contributed by atoms with Crippen molar-refractivity contribution < 1.29 is 9.47 Å². The van der Waals surface area contributed by atoms with Crippen LogP contribution in [0.3, 0.4) is 0 Å². The second-order valence-corrected chi connectivity index (χ2v) is 9.21. The molecule has 4 nitrogen and oxygen atoms in total. The maximum Gasteiger partial charge on any atom is 0.161 e. The second kappa shape index (κ2) is 11.8. The summed E-state index contributed by atoms with van der Waals surface area (Å²) >= 11 is 12.5. The molecule has 0 aliphatic carbocycles. The van der Waals surface area contributed by atoms with Gasteiger partial charge in [-0.1, -0.05) is 65.7 Å². The zero-order valence-electron chi connectivity index (χ0n) is 18.9. The molecule has 1 N–H and O–H groups in total. The van der Waals surface area contributed by atoms with Gasteiger partial charge in [-0.05, 0) is 61.3 Å². The molecule has 1 aliphatic rings. The number of hydrogen-bond acceptors (Lipinski definition) is 4. The van der Waals surface area contributed by atoms with Gasteiger partial charge in [-0.15, -0.1) is 0 Å². The Morgan fingerprint density at radius 2 is 1.61 bits per heavy atom. The van der Waals surface area contributed by atoms with Gasteiger partial charge >= 0.3 is 0 Å². The summed E-state index contributed by atoms with van der Waals surface area (Å²) in [5, 5.41) is 4.90. The molecule has 3 aromatic carbocycles. The topological polar surface area (TPSA) is 33.7 Å². The number of ether oxygens (including phenoxy) is 2. The first kappa shape index (κ1) is 23.9. The van der Waals surface area contributed by atoms with Crippen molar-refractivity contribution in [3.05, 3.63) is 93.5 Å². The molecule has 0 saturated carbocycles. The van der Waals surface area contributed by atoms with Gasteiger partial charge in [-0.3, -0.25) is 4.90 Å². The third-order valence-electron chi connectivity index (χ3n) is 6.09. The van der Waals surface area contributed by atoms with E-state index in [0.29, 0.717) is 27.6 Å². The number of rotatable bonds is 9. The van der Waals surface area contributed by atoms with Crippen LogP contribution in [0.1, 0.15) is 29.5 Å². The van der Waals surface area contributed by atoms with Crippen molar-refractivity contribution in [2.45, 2.75) is 38.6 Å². The number of benzene rings is 3. The molecule has 6 heteroatoms. The van der Waals surface area contributed by atoms with Crippen LogP contribution in [0.25, 0.3) is 0 Å². The number of methoxy groups -OCH3 is 1. The average Bonchev–Trinajstić information content (AvgIpc) is 2.84. The molecule has 0 radical (unpaired) electrons. The Kier molecular flexibility index (Phi) is 8.51. The van der Waals surface area contributed by atoms with Crippen molar-refractivity contribution in [1.82, 2.24) is 10.2 Å². The molecular formula is C27H30Cl2N2O2. The largest absolute Gasteiger partial charge is 0.493 e. The smallest absolute Gasteiger partial charge is 0.161 e. The SMILES string of the molecule is COc1cc(CNC2CCN(Cc3ccccc3)CC2)ccc1OCc1c(Cl)cccc1Cl. The van der Waals surface area contributed by atoms with Crippen molar-refractivity contribution in [1.29, 1.82) is 0 Å². The van der Waals surface area contributed by atoms with Crippen molar-refractivity contribution in [3.8, 4) is 11.5 Å². The monoisotopic (exact) mass is 484 g/mol. The van der Waals surface area contributed by atoms with Gasteiger partial charge in [0, 0.05) is 34.7 Å². The van der Waals surface area contributed by atoms with E-state index in [1.165, 1.54) is 11.1 Å². The molecule has 1 fully saturated rings. The van der Waals surface area contributed by atoms with Gasteiger partial charge in [0.05, 0.1) is 7.11 Å². The Morgan fingerprint density at radius 3 is 2.30 bits per heavy atom. The average molecular weight is 485 g/mol. The molecule has 1 saturated heterocycles. The van der Waals surface area contributed by atoms with Crippen LogP contribution in [0.15, 0.2) is 66.7 Å². The lowest BCUT2D eigenvalue weighted by Gasteiger charge is -2.32. The third kappa shape index (κ3) is 6.64. The fourth-order valence-electron chi connectivity index (χ4n) is 4.16. The van der Waals surface area contributed by atoms with Gasteiger partial charge < -0.3 is 14.8 Å². The van der Waals surface area contributed by atoms with Crippen molar-refractivity contribution >= 4 is 23.2 Å². The van der Waals surface area contributed by atoms with Gasteiger partial charge in [-0.2, -0.15) is 0 Å². The lowest BCUT2D eigenvalue weighted by molar-refractivity contribution is 0.190. The Bertz CT molecular complexity index is 1020. The van der Waals surface area contributed by atoms with Crippen LogP contribution in [-0.4, -0.2) is 31.1 Å². The van der Waals surface area contributed by atoms with E-state index in [1.807, 2.05) is 30.3 Å². The van der Waals surface area contributed by atoms with E-state index in [4.69, 9.17) is 32.7 Å². The standard InChI is InChI=1S/C27H30Cl2N2O2/c1-32-27-16-21(10-11-26(27)33-19-23-24(28)8-5-9-25(23)29)17-30-22-12-14-31(15-13-22)18-20-6-3-2-4-7-20/h2-11,16,22,30H,12-15,17-19H2,1H3. The lowest BCUT2D eigenvalue weighted by atomic mass is 10.0. The first-order chi connectivity index (χ1) is 16.1. The Morgan fingerprint density at radius 1 is 0.879 bits per heavy atom. The highest BCUT2D eigenvalue weighted by Gasteiger charge is 2.19. The number of likely N-dealkylation sites (tertiary alicyclic amines) is 1. The lowest BCUT2D eigenvalue weighted by Crippen LogP contribution is -2.41. The van der Waals surface area contributed by atoms with Gasteiger partial charge in [-0.25, -0.2) is 0 Å². The molecule has 0 bridgehead atoms. The van der Waals surface area contributed by atoms with E-state index in [2.05, 4.69) is 46.6 Å². The summed E-state index contributed by atoms with van der Waals surface area (Å²) in [7, 11) is 1.66. The third-order valence-corrected chi connectivity index (χ3v) is 6.80. The van der Waals surface area contributed by atoms with Crippen LogP contribution in [0.5, 0.6) is 11.5 Å². The molecule has 174 valence electrons. The summed E-state index contributed by atoms with van der Waals surface area (Å²) in [5.41, 5.74) is 3.32. The van der Waals surface area contributed by atoms with Gasteiger partial charge in [0.25, 0.3) is 0 Å². The van der Waals surface area contributed by atoms with E-state index in [-0.39, 0.29) is 6.61 Å². The summed E-state index contributed by atoms with van der Waals surface area (Å²) in [6, 6.07) is 22.7. The van der Waals surface area contributed by atoms with E-state index < -0.39 is 0 Å². The molecule has 0 spiro atoms. The summed E-state index contributed by atoms with van der Waals surface area (Å²) in [4.78, 5) is 2.54. The summed E-state index contributed by atoms with van der Waals surface area (Å²) in [6.07, 6.45) is 2.31. The van der Waals surface area contributed by atoms with Crippen molar-refractivity contribution in [2.24, 2.45) is 0 Å². The maximum absolute atomic E-state index is 6.25. The minimum absolute atomic E-state index is 0.286. The van der Waals surface area contributed by atoms with Gasteiger partial charge in [0.1, 0.15) is 6.61 Å². The molecule has 4 rings (SSSR count). The number of nitrogens with one attached hydrogen (secondary N) is 1. The predicted octanol–water partition coefficient (Wildman–Crippen LogP) is 6.34. The minimum atomic E-state index is 0.286. The van der Waals surface area contributed by atoms with E-state index in [0.717, 1.165) is 44.6 Å². The van der Waals surface area contributed by atoms with Crippen LogP contribution in [0, 0.1) is 0 Å².